The number of hydrogen-bond donors (Lipinski definition) is 0. The van der Waals surface area contributed by atoms with Crippen molar-refractivity contribution in [3.8, 4) is 0 Å². The van der Waals surface area contributed by atoms with Gasteiger partial charge in [0.25, 0.3) is 5.91 Å². The molecule has 0 aliphatic carbocycles. The highest BCUT2D eigenvalue weighted by atomic mass is 32.1. The Hall–Kier alpha value is -3.00. The molecule has 0 saturated heterocycles. The number of aromatic nitrogens is 5. The molecule has 4 aromatic rings. The van der Waals surface area contributed by atoms with Crippen LogP contribution in [-0.4, -0.2) is 37.0 Å². The maximum Gasteiger partial charge on any atom is 0.280 e. The first-order chi connectivity index (χ1) is 13.0. The maximum absolute atomic E-state index is 13.1. The fourth-order valence-electron chi connectivity index (χ4n) is 3.06. The average molecular weight is 380 g/mol. The Bertz CT molecular complexity index is 1100. The van der Waals surface area contributed by atoms with Gasteiger partial charge in [0.1, 0.15) is 0 Å². The van der Waals surface area contributed by atoms with Crippen molar-refractivity contribution in [2.24, 2.45) is 7.05 Å². The third kappa shape index (κ3) is 3.48. The molecule has 0 unspecified atom stereocenters. The Morgan fingerprint density at radius 2 is 2.11 bits per heavy atom. The topological polar surface area (TPSA) is 68.8 Å². The Morgan fingerprint density at radius 1 is 1.26 bits per heavy atom. The summed E-state index contributed by atoms with van der Waals surface area (Å²) in [6, 6.07) is 7.82. The Morgan fingerprint density at radius 3 is 2.81 bits per heavy atom. The van der Waals surface area contributed by atoms with Crippen LogP contribution in [-0.2, 0) is 13.6 Å². The lowest BCUT2D eigenvalue weighted by Gasteiger charge is -2.18. The summed E-state index contributed by atoms with van der Waals surface area (Å²) in [4.78, 5) is 19.6. The van der Waals surface area contributed by atoms with Gasteiger partial charge in [0.15, 0.2) is 10.8 Å². The van der Waals surface area contributed by atoms with Crippen LogP contribution in [0.2, 0.25) is 0 Å². The zero-order valence-corrected chi connectivity index (χ0v) is 16.3. The Balaban J connectivity index is 1.72. The number of carbonyl (C=O) groups is 1. The van der Waals surface area contributed by atoms with Crippen LogP contribution < -0.4 is 4.90 Å². The van der Waals surface area contributed by atoms with Gasteiger partial charge in [-0.25, -0.2) is 4.98 Å². The predicted molar refractivity (Wildman–Crippen MR) is 106 cm³/mol. The molecule has 0 aliphatic rings. The fourth-order valence-corrected chi connectivity index (χ4v) is 4.23. The van der Waals surface area contributed by atoms with Gasteiger partial charge in [-0.3, -0.25) is 19.1 Å². The van der Waals surface area contributed by atoms with E-state index in [1.807, 2.05) is 19.2 Å². The maximum atomic E-state index is 13.1. The number of anilines is 1. The standard InChI is InChI=1S/C19H20N6OS/c1-13-11-14(2)17-16(12-13)27-19(21-17)25(10-9-24-7-4-6-20-24)18(26)15-5-8-23(3)22-15/h4-8,11-12H,9-10H2,1-3H3. The molecular formula is C19H20N6OS. The van der Waals surface area contributed by atoms with E-state index in [1.165, 1.54) is 16.9 Å². The van der Waals surface area contributed by atoms with Gasteiger partial charge in [-0.05, 0) is 43.2 Å². The summed E-state index contributed by atoms with van der Waals surface area (Å²) < 4.78 is 4.52. The minimum Gasteiger partial charge on any atom is -0.281 e. The first-order valence-corrected chi connectivity index (χ1v) is 9.49. The summed E-state index contributed by atoms with van der Waals surface area (Å²) in [5, 5.41) is 9.18. The fraction of sp³-hybridized carbons (Fsp3) is 0.263. The summed E-state index contributed by atoms with van der Waals surface area (Å²) in [6.45, 7) is 5.17. The van der Waals surface area contributed by atoms with Crippen LogP contribution in [0.15, 0.2) is 42.9 Å². The minimum absolute atomic E-state index is 0.156. The molecule has 8 heteroatoms. The van der Waals surface area contributed by atoms with Crippen molar-refractivity contribution in [3.05, 3.63) is 59.7 Å². The molecule has 0 spiro atoms. The van der Waals surface area contributed by atoms with Crippen molar-refractivity contribution in [1.82, 2.24) is 24.5 Å². The van der Waals surface area contributed by atoms with E-state index in [9.17, 15) is 4.79 Å². The molecule has 0 saturated carbocycles. The number of benzene rings is 1. The van der Waals surface area contributed by atoms with Crippen molar-refractivity contribution in [2.45, 2.75) is 20.4 Å². The van der Waals surface area contributed by atoms with Crippen LogP contribution in [0.3, 0.4) is 0 Å². The van der Waals surface area contributed by atoms with E-state index >= 15 is 0 Å². The Kier molecular flexibility index (Phi) is 4.49. The monoisotopic (exact) mass is 380 g/mol. The van der Waals surface area contributed by atoms with Crippen LogP contribution in [0.1, 0.15) is 21.6 Å². The quantitative estimate of drug-likeness (QED) is 0.533. The number of fused-ring (bicyclic) bond motifs is 1. The summed E-state index contributed by atoms with van der Waals surface area (Å²) in [5.74, 6) is -0.156. The molecule has 0 N–H and O–H groups in total. The molecule has 7 nitrogen and oxygen atoms in total. The molecule has 1 amide bonds. The SMILES string of the molecule is Cc1cc(C)c2nc(N(CCn3cccn3)C(=O)c3ccn(C)n3)sc2c1. The number of rotatable bonds is 5. The van der Waals surface area contributed by atoms with Crippen LogP contribution in [0.5, 0.6) is 0 Å². The second-order valence-corrected chi connectivity index (χ2v) is 7.53. The highest BCUT2D eigenvalue weighted by Crippen LogP contribution is 2.32. The van der Waals surface area contributed by atoms with Gasteiger partial charge >= 0.3 is 0 Å². The van der Waals surface area contributed by atoms with Crippen LogP contribution in [0.25, 0.3) is 10.2 Å². The number of hydrogen-bond acceptors (Lipinski definition) is 5. The number of aryl methyl sites for hydroxylation is 3. The smallest absolute Gasteiger partial charge is 0.280 e. The van der Waals surface area contributed by atoms with Gasteiger partial charge in [-0.15, -0.1) is 0 Å². The second-order valence-electron chi connectivity index (χ2n) is 6.53. The number of amides is 1. The summed E-state index contributed by atoms with van der Waals surface area (Å²) >= 11 is 1.53. The zero-order chi connectivity index (χ0) is 19.0. The van der Waals surface area contributed by atoms with Gasteiger partial charge in [0.05, 0.1) is 16.8 Å². The highest BCUT2D eigenvalue weighted by Gasteiger charge is 2.23. The zero-order valence-electron chi connectivity index (χ0n) is 15.5. The highest BCUT2D eigenvalue weighted by molar-refractivity contribution is 7.22. The lowest BCUT2D eigenvalue weighted by molar-refractivity contribution is 0.0980. The molecule has 1 aromatic carbocycles. The third-order valence-electron chi connectivity index (χ3n) is 4.34. The minimum atomic E-state index is -0.156. The predicted octanol–water partition coefficient (Wildman–Crippen LogP) is 3.19. The molecule has 27 heavy (non-hydrogen) atoms. The normalized spacial score (nSPS) is 11.2. The average Bonchev–Trinajstić information content (AvgIpc) is 3.35. The molecule has 0 fully saturated rings. The van der Waals surface area contributed by atoms with Crippen LogP contribution in [0.4, 0.5) is 5.13 Å². The lowest BCUT2D eigenvalue weighted by atomic mass is 10.1. The summed E-state index contributed by atoms with van der Waals surface area (Å²) in [7, 11) is 1.80. The number of nitrogens with zero attached hydrogens (tertiary/aromatic N) is 6. The Labute approximate surface area is 160 Å². The van der Waals surface area contributed by atoms with Crippen LogP contribution in [0, 0.1) is 13.8 Å². The number of thiazole rings is 1. The molecule has 3 aromatic heterocycles. The molecule has 0 bridgehead atoms. The number of carbonyl (C=O) groups excluding carboxylic acids is 1. The molecule has 0 aliphatic heterocycles. The van der Waals surface area contributed by atoms with Crippen molar-refractivity contribution in [2.75, 3.05) is 11.4 Å². The summed E-state index contributed by atoms with van der Waals surface area (Å²) in [6.07, 6.45) is 5.38. The van der Waals surface area contributed by atoms with E-state index in [4.69, 9.17) is 4.98 Å². The van der Waals surface area contributed by atoms with Gasteiger partial charge < -0.3 is 0 Å². The second kappa shape index (κ2) is 6.96. The molecular weight excluding hydrogens is 360 g/mol. The van der Waals surface area contributed by atoms with Gasteiger partial charge in [-0.1, -0.05) is 17.4 Å². The molecule has 0 radical (unpaired) electrons. The van der Waals surface area contributed by atoms with Crippen LogP contribution >= 0.6 is 11.3 Å². The third-order valence-corrected chi connectivity index (χ3v) is 5.36. The molecule has 4 rings (SSSR count). The van der Waals surface area contributed by atoms with Gasteiger partial charge in [0, 0.05) is 32.2 Å². The first-order valence-electron chi connectivity index (χ1n) is 8.68. The van der Waals surface area contributed by atoms with E-state index in [0.29, 0.717) is 23.9 Å². The molecule has 138 valence electrons. The van der Waals surface area contributed by atoms with E-state index in [1.54, 1.807) is 39.8 Å². The largest absolute Gasteiger partial charge is 0.281 e. The molecule has 0 atom stereocenters. The van der Waals surface area contributed by atoms with Crippen molar-refractivity contribution in [3.63, 3.8) is 0 Å². The summed E-state index contributed by atoms with van der Waals surface area (Å²) in [5.41, 5.74) is 3.66. The molecule has 3 heterocycles. The lowest BCUT2D eigenvalue weighted by Crippen LogP contribution is -2.34. The van der Waals surface area contributed by atoms with E-state index in [-0.39, 0.29) is 5.91 Å². The van der Waals surface area contributed by atoms with Crippen molar-refractivity contribution < 1.29 is 4.79 Å². The van der Waals surface area contributed by atoms with Crippen molar-refractivity contribution in [1.29, 1.82) is 0 Å². The van der Waals surface area contributed by atoms with Gasteiger partial charge in [0.2, 0.25) is 0 Å². The van der Waals surface area contributed by atoms with E-state index in [2.05, 4.69) is 29.3 Å². The van der Waals surface area contributed by atoms with E-state index < -0.39 is 0 Å². The van der Waals surface area contributed by atoms with Crippen molar-refractivity contribution >= 4 is 32.6 Å². The first kappa shape index (κ1) is 17.4. The van der Waals surface area contributed by atoms with E-state index in [0.717, 1.165) is 15.8 Å². The van der Waals surface area contributed by atoms with Gasteiger partial charge in [-0.2, -0.15) is 10.2 Å².